The summed E-state index contributed by atoms with van der Waals surface area (Å²) in [7, 11) is 0. The van der Waals surface area contributed by atoms with E-state index in [2.05, 4.69) is 0 Å². The molecular weight excluding hydrogens is 448 g/mol. The second kappa shape index (κ2) is 18.6. The Morgan fingerprint density at radius 2 is 1.10 bits per heavy atom. The zero-order valence-corrected chi connectivity index (χ0v) is 17.0. The minimum atomic E-state index is -4.34. The molecule has 0 atom stereocenters. The number of hydrogen-bond donors (Lipinski definition) is 0. The van der Waals surface area contributed by atoms with Gasteiger partial charge in [-0.2, -0.15) is 0 Å². The molecule has 10 heteroatoms. The Labute approximate surface area is 156 Å². The molecule has 0 aromatic heterocycles. The van der Waals surface area contributed by atoms with Gasteiger partial charge in [-0.15, -0.1) is 0 Å². The van der Waals surface area contributed by atoms with Gasteiger partial charge in [0.2, 0.25) is 0 Å². The first-order valence-electron chi connectivity index (χ1n) is 1.10. The summed E-state index contributed by atoms with van der Waals surface area (Å²) in [6.45, 7) is 0. The Bertz CT molecular complexity index is 133. The van der Waals surface area contributed by atoms with Crippen LogP contribution >= 0.6 is 0 Å². The molecule has 0 rings (SSSR count). The summed E-state index contributed by atoms with van der Waals surface area (Å²) in [6, 6.07) is 0. The van der Waals surface area contributed by atoms with Gasteiger partial charge in [-0.05, 0) is 0 Å². The zero-order valence-electron chi connectivity index (χ0n) is 5.34. The van der Waals surface area contributed by atoms with Crippen molar-refractivity contribution >= 4 is 0 Å². The molecule has 0 fully saturated rings. The van der Waals surface area contributed by atoms with Crippen molar-refractivity contribution in [3.8, 4) is 0 Å². The van der Waals surface area contributed by atoms with E-state index >= 15 is 0 Å². The van der Waals surface area contributed by atoms with Crippen LogP contribution in [0.1, 0.15) is 0 Å². The summed E-state index contributed by atoms with van der Waals surface area (Å²) in [6.07, 6.45) is 0. The van der Waals surface area contributed by atoms with Gasteiger partial charge >= 0.3 is 161 Å². The second-order valence-corrected chi connectivity index (χ2v) is 3.15. The van der Waals surface area contributed by atoms with Crippen molar-refractivity contribution in [3.05, 3.63) is 0 Å². The van der Waals surface area contributed by atoms with E-state index in [1.165, 1.54) is 0 Å². The molecule has 48 valence electrons. The molecule has 0 aromatic rings. The van der Waals surface area contributed by atoms with E-state index in [4.69, 9.17) is 20.2 Å². The van der Waals surface area contributed by atoms with Crippen molar-refractivity contribution in [1.82, 2.24) is 0 Å². The summed E-state index contributed by atoms with van der Waals surface area (Å²) in [5.74, 6) is 0. The Hall–Kier alpha value is 3.87. The first-order chi connectivity index (χ1) is 3.46. The van der Waals surface area contributed by atoms with Crippen molar-refractivity contribution in [2.45, 2.75) is 0 Å². The molecule has 0 radical (unpaired) electrons. The molecular formula is K2NbO6Ta. The number of hydrogen-bond acceptors (Lipinski definition) is 6. The summed E-state index contributed by atoms with van der Waals surface area (Å²) >= 11 is -8.54. The maximum absolute atomic E-state index is 8.62. The molecule has 0 saturated heterocycles. The quantitative estimate of drug-likeness (QED) is 0.341. The molecule has 0 aliphatic rings. The van der Waals surface area contributed by atoms with Crippen LogP contribution in [-0.4, -0.2) is 0 Å². The summed E-state index contributed by atoms with van der Waals surface area (Å²) in [5.41, 5.74) is 0. The molecule has 6 nitrogen and oxygen atoms in total. The van der Waals surface area contributed by atoms with Gasteiger partial charge in [0.15, 0.2) is 0 Å². The van der Waals surface area contributed by atoms with Crippen LogP contribution in [0.5, 0.6) is 0 Å². The first kappa shape index (κ1) is 23.6. The number of rotatable bonds is 0. The maximum atomic E-state index is 8.62. The zero-order chi connectivity index (χ0) is 7.15. The summed E-state index contributed by atoms with van der Waals surface area (Å²) < 4.78 is 51.7. The monoisotopic (exact) mass is 448 g/mol. The van der Waals surface area contributed by atoms with Crippen LogP contribution in [0.2, 0.25) is 0 Å². The van der Waals surface area contributed by atoms with Crippen LogP contribution in [0.3, 0.4) is 0 Å². The fourth-order valence-corrected chi connectivity index (χ4v) is 0. The Morgan fingerprint density at radius 1 is 1.10 bits per heavy atom. The molecule has 0 bridgehead atoms. The third-order valence-electron chi connectivity index (χ3n) is 0. The average Bonchev–Trinajstić information content (AvgIpc) is 1.25. The topological polar surface area (TPSA) is 114 Å². The molecule has 0 aliphatic carbocycles. The molecule has 0 N–H and O–H groups in total. The average molecular weight is 448 g/mol. The Balaban J connectivity index is -0.0000000300. The van der Waals surface area contributed by atoms with Crippen LogP contribution in [0.25, 0.3) is 0 Å². The molecule has 0 aromatic carbocycles. The van der Waals surface area contributed by atoms with Crippen LogP contribution < -0.4 is 110 Å². The SMILES string of the molecule is [K+].[K+].[O]=[Nb](=[O])[O-].[O]=[Ta](=[O])[O-]. The van der Waals surface area contributed by atoms with Crippen LogP contribution in [0, 0.1) is 0 Å². The minimum absolute atomic E-state index is 0. The predicted octanol–water partition coefficient (Wildman–Crippen LogP) is -8.85. The predicted molar refractivity (Wildman–Crippen MR) is 2.75 cm³/mol. The fraction of sp³-hybridized carbons (Fsp3) is 0. The summed E-state index contributed by atoms with van der Waals surface area (Å²) in [4.78, 5) is 0. The molecule has 0 heterocycles. The van der Waals surface area contributed by atoms with Gasteiger partial charge < -0.3 is 0 Å². The van der Waals surface area contributed by atoms with E-state index in [0.29, 0.717) is 0 Å². The van der Waals surface area contributed by atoms with Crippen LogP contribution in [0.4, 0.5) is 0 Å². The Kier molecular flexibility index (Phi) is 43.9. The molecule has 0 unspecified atom stereocenters. The van der Waals surface area contributed by atoms with E-state index in [1.54, 1.807) is 0 Å². The van der Waals surface area contributed by atoms with Crippen molar-refractivity contribution in [2.24, 2.45) is 0 Å². The van der Waals surface area contributed by atoms with E-state index in [0.717, 1.165) is 0 Å². The van der Waals surface area contributed by atoms with E-state index in [1.807, 2.05) is 0 Å². The van der Waals surface area contributed by atoms with Crippen LogP contribution in [-0.2, 0) is 50.6 Å². The van der Waals surface area contributed by atoms with Gasteiger partial charge in [0.25, 0.3) is 0 Å². The first-order valence-corrected chi connectivity index (χ1v) is 7.72. The van der Waals surface area contributed by atoms with Gasteiger partial charge in [0, 0.05) is 0 Å². The third-order valence-corrected chi connectivity index (χ3v) is 0. The van der Waals surface area contributed by atoms with E-state index in [9.17, 15) is 0 Å². The second-order valence-electron chi connectivity index (χ2n) is 0.447. The van der Waals surface area contributed by atoms with Crippen molar-refractivity contribution in [2.75, 3.05) is 0 Å². The van der Waals surface area contributed by atoms with Crippen LogP contribution in [0.15, 0.2) is 0 Å². The third kappa shape index (κ3) is 93.6. The van der Waals surface area contributed by atoms with Crippen molar-refractivity contribution in [1.29, 1.82) is 0 Å². The molecule has 10 heavy (non-hydrogen) atoms. The van der Waals surface area contributed by atoms with Crippen molar-refractivity contribution in [3.63, 3.8) is 0 Å². The van der Waals surface area contributed by atoms with Gasteiger partial charge in [-0.1, -0.05) is 0 Å². The molecule has 0 saturated carbocycles. The fourth-order valence-electron chi connectivity index (χ4n) is 0. The van der Waals surface area contributed by atoms with Gasteiger partial charge in [-0.25, -0.2) is 0 Å². The van der Waals surface area contributed by atoms with Gasteiger partial charge in [-0.3, -0.25) is 0 Å². The Morgan fingerprint density at radius 3 is 1.10 bits per heavy atom. The van der Waals surface area contributed by atoms with E-state index < -0.39 is 37.6 Å². The standard InChI is InChI=1S/2K.Nb.6O.Ta/q2*+1;;;;;;2*-1;. The molecule has 0 spiro atoms. The normalized spacial score (nSPS) is 5.00. The van der Waals surface area contributed by atoms with Crippen molar-refractivity contribution < 1.29 is 161 Å². The summed E-state index contributed by atoms with van der Waals surface area (Å²) in [5, 5.41) is 0. The van der Waals surface area contributed by atoms with Gasteiger partial charge in [0.1, 0.15) is 0 Å². The van der Waals surface area contributed by atoms with E-state index in [-0.39, 0.29) is 103 Å². The molecule has 0 aliphatic heterocycles. The molecule has 0 amide bonds. The van der Waals surface area contributed by atoms with Gasteiger partial charge in [0.05, 0.1) is 0 Å².